The van der Waals surface area contributed by atoms with E-state index in [1.165, 1.54) is 22.3 Å². The van der Waals surface area contributed by atoms with Crippen LogP contribution in [0.15, 0.2) is 187 Å². The highest BCUT2D eigenvalue weighted by molar-refractivity contribution is 5.47. The van der Waals surface area contributed by atoms with E-state index in [9.17, 15) is 4.79 Å². The Morgan fingerprint density at radius 3 is 1.56 bits per heavy atom. The number of nitrogens with zero attached hydrogens (tertiary/aromatic N) is 3. The fourth-order valence-corrected chi connectivity index (χ4v) is 6.37. The van der Waals surface area contributed by atoms with Crippen LogP contribution in [-0.2, 0) is 18.5 Å². The molecule has 0 amide bonds. The van der Waals surface area contributed by atoms with E-state index in [1.807, 2.05) is 42.6 Å². The molecule has 45 heavy (non-hydrogen) atoms. The zero-order chi connectivity index (χ0) is 30.5. The van der Waals surface area contributed by atoms with Crippen LogP contribution in [0, 0.1) is 0 Å². The normalized spacial score (nSPS) is 11.4. The van der Waals surface area contributed by atoms with E-state index in [0.717, 1.165) is 23.4 Å². The summed E-state index contributed by atoms with van der Waals surface area (Å²) < 4.78 is 6.34. The van der Waals surface area contributed by atoms with Gasteiger partial charge in [0.05, 0.1) is 0 Å². The van der Waals surface area contributed by atoms with Crippen molar-refractivity contribution in [2.45, 2.75) is 18.5 Å². The van der Waals surface area contributed by atoms with E-state index in [4.69, 9.17) is 0 Å². The first-order valence-corrected chi connectivity index (χ1v) is 15.3. The first kappa shape index (κ1) is 28.1. The van der Waals surface area contributed by atoms with Crippen LogP contribution in [0.3, 0.4) is 0 Å². The van der Waals surface area contributed by atoms with Crippen molar-refractivity contribution in [3.05, 3.63) is 226 Å². The van der Waals surface area contributed by atoms with Crippen LogP contribution in [-0.4, -0.2) is 9.13 Å². The zero-order valence-electron chi connectivity index (χ0n) is 25.0. The maximum Gasteiger partial charge on any atom is 0.255 e. The minimum Gasteiger partial charge on any atom is -0.284 e. The monoisotopic (exact) mass is 584 g/mol. The van der Waals surface area contributed by atoms with Crippen LogP contribution in [0.1, 0.15) is 33.5 Å². The van der Waals surface area contributed by atoms with Gasteiger partial charge in [-0.15, -0.1) is 0 Å². The summed E-state index contributed by atoms with van der Waals surface area (Å²) in [5.74, 6) is 0. The number of imidazole rings is 1. The number of aromatic nitrogens is 3. The Morgan fingerprint density at radius 2 is 1.04 bits per heavy atom. The summed E-state index contributed by atoms with van der Waals surface area (Å²) in [6, 6.07) is 56.3. The van der Waals surface area contributed by atoms with E-state index in [1.54, 1.807) is 10.6 Å². The van der Waals surface area contributed by atoms with Crippen molar-refractivity contribution in [3.8, 4) is 5.69 Å². The van der Waals surface area contributed by atoms with E-state index in [-0.39, 0.29) is 5.56 Å². The van der Waals surface area contributed by atoms with Gasteiger partial charge < -0.3 is 0 Å². The van der Waals surface area contributed by atoms with Gasteiger partial charge >= 0.3 is 0 Å². The molecule has 0 fully saturated rings. The molecule has 2 aromatic heterocycles. The van der Waals surface area contributed by atoms with Gasteiger partial charge in [-0.1, -0.05) is 140 Å². The molecule has 0 spiro atoms. The third-order valence-electron chi connectivity index (χ3n) is 8.48. The van der Waals surface area contributed by atoms with Crippen LogP contribution in [0.25, 0.3) is 5.69 Å². The number of hydrogen-bond donors (Lipinski definition) is 0. The molecule has 0 saturated heterocycles. The highest BCUT2D eigenvalue weighted by Crippen LogP contribution is 2.36. The van der Waals surface area contributed by atoms with Gasteiger partial charge in [0.15, 0.2) is 5.54 Å². The number of rotatable bonds is 9. The maximum atomic E-state index is 13.3. The van der Waals surface area contributed by atoms with Gasteiger partial charge in [0.2, 0.25) is 6.33 Å². The van der Waals surface area contributed by atoms with Crippen LogP contribution in [0.5, 0.6) is 0 Å². The molecule has 0 bridgehead atoms. The molecule has 0 aliphatic heterocycles. The van der Waals surface area contributed by atoms with Gasteiger partial charge in [-0.2, -0.15) is 0 Å². The zero-order valence-corrected chi connectivity index (χ0v) is 25.0. The van der Waals surface area contributed by atoms with Crippen molar-refractivity contribution < 1.29 is 4.57 Å². The Balaban J connectivity index is 1.41. The lowest BCUT2D eigenvalue weighted by atomic mass is 9.77. The predicted molar refractivity (Wildman–Crippen MR) is 180 cm³/mol. The van der Waals surface area contributed by atoms with Crippen molar-refractivity contribution in [3.63, 3.8) is 0 Å². The molecule has 0 N–H and O–H groups in total. The Hall–Kier alpha value is -5.74. The Bertz CT molecular complexity index is 1950. The lowest BCUT2D eigenvalue weighted by Crippen LogP contribution is -2.57. The second-order valence-electron chi connectivity index (χ2n) is 11.3. The van der Waals surface area contributed by atoms with Gasteiger partial charge in [-0.05, 0) is 23.8 Å². The molecule has 0 atom stereocenters. The third kappa shape index (κ3) is 5.54. The van der Waals surface area contributed by atoms with E-state index in [2.05, 4.69) is 143 Å². The van der Waals surface area contributed by atoms with Gasteiger partial charge in [-0.3, -0.25) is 9.36 Å². The van der Waals surface area contributed by atoms with Crippen LogP contribution in [0.2, 0.25) is 0 Å². The smallest absolute Gasteiger partial charge is 0.255 e. The summed E-state index contributed by atoms with van der Waals surface area (Å²) in [4.78, 5) is 13.3. The standard InChI is InChI=1S/C41H34N3O/c45-40-29-34(26-27-44(40)38-24-14-5-15-25-38)30-42-32-43(31-39(42)28-33-16-6-1-7-17-33)41(35-18-8-2-9-19-35,36-20-10-3-11-21-36)37-22-12-4-13-23-37/h1-27,29,31-32H,28,30H2/q+1. The van der Waals surface area contributed by atoms with Crippen molar-refractivity contribution in [2.24, 2.45) is 0 Å². The average molecular weight is 585 g/mol. The van der Waals surface area contributed by atoms with Crippen LogP contribution < -0.4 is 10.1 Å². The van der Waals surface area contributed by atoms with E-state index in [0.29, 0.717) is 6.54 Å². The van der Waals surface area contributed by atoms with Gasteiger partial charge in [0, 0.05) is 46.6 Å². The number of pyridine rings is 1. The Kier molecular flexibility index (Phi) is 7.78. The van der Waals surface area contributed by atoms with Crippen molar-refractivity contribution in [1.29, 1.82) is 0 Å². The van der Waals surface area contributed by atoms with E-state index < -0.39 is 5.54 Å². The fraction of sp³-hybridized carbons (Fsp3) is 0.0732. The third-order valence-corrected chi connectivity index (χ3v) is 8.48. The quantitative estimate of drug-likeness (QED) is 0.128. The Labute approximate surface area is 263 Å². The summed E-state index contributed by atoms with van der Waals surface area (Å²) in [5, 5.41) is 0. The molecule has 7 aromatic rings. The van der Waals surface area contributed by atoms with Gasteiger partial charge in [-0.25, -0.2) is 9.13 Å². The molecule has 0 saturated carbocycles. The SMILES string of the molecule is O=c1cc(Cn2c[n+](C(c3ccccc3)(c3ccccc3)c3ccccc3)cc2Cc2ccccc2)ccn1-c1ccccc1. The average Bonchev–Trinajstić information content (AvgIpc) is 3.49. The molecule has 0 aliphatic rings. The molecule has 4 heteroatoms. The van der Waals surface area contributed by atoms with Crippen LogP contribution >= 0.6 is 0 Å². The molecule has 218 valence electrons. The molecule has 7 rings (SSSR count). The number of hydrogen-bond acceptors (Lipinski definition) is 1. The van der Waals surface area contributed by atoms with Gasteiger partial charge in [0.1, 0.15) is 18.4 Å². The van der Waals surface area contributed by atoms with Crippen molar-refractivity contribution in [2.75, 3.05) is 0 Å². The molecule has 0 aliphatic carbocycles. The summed E-state index contributed by atoms with van der Waals surface area (Å²) >= 11 is 0. The topological polar surface area (TPSA) is 30.8 Å². The van der Waals surface area contributed by atoms with Crippen molar-refractivity contribution in [1.82, 2.24) is 9.13 Å². The lowest BCUT2D eigenvalue weighted by molar-refractivity contribution is -0.734. The highest BCUT2D eigenvalue weighted by atomic mass is 16.1. The minimum absolute atomic E-state index is 0.0458. The summed E-state index contributed by atoms with van der Waals surface area (Å²) in [6.07, 6.45) is 7.13. The van der Waals surface area contributed by atoms with E-state index >= 15 is 0 Å². The summed E-state index contributed by atoms with van der Waals surface area (Å²) in [5.41, 5.74) is 7.02. The van der Waals surface area contributed by atoms with Gasteiger partial charge in [0.25, 0.3) is 5.56 Å². The molecule has 0 unspecified atom stereocenters. The highest BCUT2D eigenvalue weighted by Gasteiger charge is 2.43. The molecule has 5 aromatic carbocycles. The first-order chi connectivity index (χ1) is 22.2. The number of benzene rings is 5. The molecular formula is C41H34N3O+. The molecule has 2 heterocycles. The molecule has 0 radical (unpaired) electrons. The fourth-order valence-electron chi connectivity index (χ4n) is 6.37. The number of para-hydroxylation sites is 1. The lowest BCUT2D eigenvalue weighted by Gasteiger charge is -2.32. The van der Waals surface area contributed by atoms with Crippen molar-refractivity contribution >= 4 is 0 Å². The maximum absolute atomic E-state index is 13.3. The summed E-state index contributed by atoms with van der Waals surface area (Å²) in [6.45, 7) is 0.564. The first-order valence-electron chi connectivity index (χ1n) is 15.3. The minimum atomic E-state index is -0.628. The molecule has 4 nitrogen and oxygen atoms in total. The second kappa shape index (κ2) is 12.5. The molecular weight excluding hydrogens is 550 g/mol. The summed E-state index contributed by atoms with van der Waals surface area (Å²) in [7, 11) is 0. The second-order valence-corrected chi connectivity index (χ2v) is 11.3. The largest absolute Gasteiger partial charge is 0.284 e. The van der Waals surface area contributed by atoms with Crippen LogP contribution in [0.4, 0.5) is 0 Å². The Morgan fingerprint density at radius 1 is 0.556 bits per heavy atom. The predicted octanol–water partition coefficient (Wildman–Crippen LogP) is 7.41.